The lowest BCUT2D eigenvalue weighted by molar-refractivity contribution is 1.02. The van der Waals surface area contributed by atoms with E-state index in [1.807, 2.05) is 18.2 Å². The molecule has 2 nitrogen and oxygen atoms in total. The highest BCUT2D eigenvalue weighted by atomic mass is 15.1. The Bertz CT molecular complexity index is 1340. The van der Waals surface area contributed by atoms with Crippen molar-refractivity contribution in [3.05, 3.63) is 96.1 Å². The number of rotatable bonds is 2. The quantitative estimate of drug-likeness (QED) is 0.374. The largest absolute Gasteiger partial charge is 0.149 e. The van der Waals surface area contributed by atoms with Crippen molar-refractivity contribution in [2.75, 3.05) is 0 Å². The number of hydrogen-bond donors (Lipinski definition) is 0. The van der Waals surface area contributed by atoms with Crippen molar-refractivity contribution in [3.8, 4) is 22.5 Å². The van der Waals surface area contributed by atoms with Gasteiger partial charge in [-0.3, -0.25) is 0 Å². The van der Waals surface area contributed by atoms with Gasteiger partial charge in [0.15, 0.2) is 0 Å². The molecule has 5 aromatic rings. The SMILES string of the molecule is c1ccc(-c2nnc(-c3ccc4c5c(cccc35)CC4)c3ccccc23)cc1. The lowest BCUT2D eigenvalue weighted by Crippen LogP contribution is -1.95. The summed E-state index contributed by atoms with van der Waals surface area (Å²) in [5, 5.41) is 14.4. The lowest BCUT2D eigenvalue weighted by Gasteiger charge is -2.12. The Morgan fingerprint density at radius 3 is 1.96 bits per heavy atom. The van der Waals surface area contributed by atoms with Crippen LogP contribution in [0.1, 0.15) is 11.1 Å². The van der Waals surface area contributed by atoms with E-state index in [0.29, 0.717) is 0 Å². The zero-order valence-electron chi connectivity index (χ0n) is 15.4. The number of aryl methyl sites for hydroxylation is 2. The summed E-state index contributed by atoms with van der Waals surface area (Å²) in [7, 11) is 0. The van der Waals surface area contributed by atoms with Crippen molar-refractivity contribution in [3.63, 3.8) is 0 Å². The highest BCUT2D eigenvalue weighted by Crippen LogP contribution is 2.39. The molecule has 0 saturated carbocycles. The van der Waals surface area contributed by atoms with Crippen LogP contribution in [0.5, 0.6) is 0 Å². The van der Waals surface area contributed by atoms with Gasteiger partial charge in [-0.25, -0.2) is 0 Å². The Morgan fingerprint density at radius 2 is 1.14 bits per heavy atom. The topological polar surface area (TPSA) is 25.8 Å². The van der Waals surface area contributed by atoms with Crippen LogP contribution in [-0.2, 0) is 12.8 Å². The molecule has 132 valence electrons. The van der Waals surface area contributed by atoms with Crippen LogP contribution in [0.4, 0.5) is 0 Å². The van der Waals surface area contributed by atoms with Crippen LogP contribution < -0.4 is 0 Å². The van der Waals surface area contributed by atoms with Crippen molar-refractivity contribution in [1.29, 1.82) is 0 Å². The minimum Gasteiger partial charge on any atom is -0.149 e. The Balaban J connectivity index is 1.67. The Hall–Kier alpha value is -3.52. The van der Waals surface area contributed by atoms with Gasteiger partial charge in [-0.15, -0.1) is 10.2 Å². The summed E-state index contributed by atoms with van der Waals surface area (Å²) in [4.78, 5) is 0. The average Bonchev–Trinajstić information content (AvgIpc) is 3.19. The molecule has 0 fully saturated rings. The van der Waals surface area contributed by atoms with Gasteiger partial charge in [-0.1, -0.05) is 84.9 Å². The number of aromatic nitrogens is 2. The molecular weight excluding hydrogens is 340 g/mol. The van der Waals surface area contributed by atoms with E-state index in [1.54, 1.807) is 0 Å². The third kappa shape index (κ3) is 2.21. The van der Waals surface area contributed by atoms with Gasteiger partial charge in [0, 0.05) is 21.9 Å². The average molecular weight is 358 g/mol. The van der Waals surface area contributed by atoms with Gasteiger partial charge in [-0.05, 0) is 34.7 Å². The highest BCUT2D eigenvalue weighted by Gasteiger charge is 2.19. The van der Waals surface area contributed by atoms with E-state index < -0.39 is 0 Å². The molecule has 0 N–H and O–H groups in total. The van der Waals surface area contributed by atoms with Crippen molar-refractivity contribution in [2.24, 2.45) is 0 Å². The molecule has 1 heterocycles. The fraction of sp³-hybridized carbons (Fsp3) is 0.0769. The van der Waals surface area contributed by atoms with Gasteiger partial charge in [0.2, 0.25) is 0 Å². The first-order valence-corrected chi connectivity index (χ1v) is 9.75. The van der Waals surface area contributed by atoms with Crippen molar-refractivity contribution >= 4 is 21.5 Å². The molecule has 0 atom stereocenters. The van der Waals surface area contributed by atoms with Gasteiger partial charge in [0.25, 0.3) is 0 Å². The van der Waals surface area contributed by atoms with Gasteiger partial charge in [0.1, 0.15) is 11.4 Å². The first-order chi connectivity index (χ1) is 13.9. The maximum absolute atomic E-state index is 4.73. The first-order valence-electron chi connectivity index (χ1n) is 9.75. The van der Waals surface area contributed by atoms with Gasteiger partial charge < -0.3 is 0 Å². The number of fused-ring (bicyclic) bond motifs is 1. The second kappa shape index (κ2) is 6.00. The van der Waals surface area contributed by atoms with Crippen LogP contribution >= 0.6 is 0 Å². The number of hydrogen-bond acceptors (Lipinski definition) is 2. The molecule has 0 unspecified atom stereocenters. The van der Waals surface area contributed by atoms with Crippen molar-refractivity contribution in [1.82, 2.24) is 10.2 Å². The first kappa shape index (κ1) is 15.5. The van der Waals surface area contributed by atoms with Crippen LogP contribution in [0.25, 0.3) is 44.1 Å². The highest BCUT2D eigenvalue weighted by molar-refractivity contribution is 6.08. The van der Waals surface area contributed by atoms with E-state index in [9.17, 15) is 0 Å². The van der Waals surface area contributed by atoms with E-state index in [4.69, 9.17) is 5.10 Å². The number of benzene rings is 4. The van der Waals surface area contributed by atoms with Crippen LogP contribution in [0.2, 0.25) is 0 Å². The monoisotopic (exact) mass is 358 g/mol. The smallest absolute Gasteiger partial charge is 0.101 e. The maximum Gasteiger partial charge on any atom is 0.101 e. The maximum atomic E-state index is 4.73. The molecule has 4 aromatic carbocycles. The molecular formula is C26H18N2. The van der Waals surface area contributed by atoms with E-state index in [-0.39, 0.29) is 0 Å². The minimum atomic E-state index is 0.936. The van der Waals surface area contributed by atoms with Crippen LogP contribution in [0, 0.1) is 0 Å². The summed E-state index contributed by atoms with van der Waals surface area (Å²) in [5.41, 5.74) is 7.07. The van der Waals surface area contributed by atoms with Crippen LogP contribution in [0.3, 0.4) is 0 Å². The van der Waals surface area contributed by atoms with Gasteiger partial charge in [0.05, 0.1) is 0 Å². The summed E-state index contributed by atoms with van der Waals surface area (Å²) < 4.78 is 0. The molecule has 0 aliphatic heterocycles. The van der Waals surface area contributed by atoms with Crippen molar-refractivity contribution < 1.29 is 0 Å². The fourth-order valence-corrected chi connectivity index (χ4v) is 4.57. The molecule has 6 rings (SSSR count). The molecule has 0 amide bonds. The predicted molar refractivity (Wildman–Crippen MR) is 115 cm³/mol. The van der Waals surface area contributed by atoms with E-state index in [0.717, 1.165) is 40.6 Å². The molecule has 0 bridgehead atoms. The normalized spacial score (nSPS) is 12.7. The van der Waals surface area contributed by atoms with Crippen LogP contribution in [-0.4, -0.2) is 10.2 Å². The Kier molecular flexibility index (Phi) is 3.33. The van der Waals surface area contributed by atoms with E-state index >= 15 is 0 Å². The molecule has 2 heteroatoms. The summed E-state index contributed by atoms with van der Waals surface area (Å²) in [6.07, 6.45) is 2.27. The lowest BCUT2D eigenvalue weighted by atomic mass is 9.95. The molecule has 1 aliphatic carbocycles. The summed E-state index contributed by atoms with van der Waals surface area (Å²) in [5.74, 6) is 0. The zero-order chi connectivity index (χ0) is 18.5. The third-order valence-electron chi connectivity index (χ3n) is 5.87. The second-order valence-electron chi connectivity index (χ2n) is 7.42. The third-order valence-corrected chi connectivity index (χ3v) is 5.87. The Labute approximate surface area is 163 Å². The molecule has 0 spiro atoms. The van der Waals surface area contributed by atoms with Gasteiger partial charge in [-0.2, -0.15) is 0 Å². The van der Waals surface area contributed by atoms with E-state index in [1.165, 1.54) is 27.5 Å². The van der Waals surface area contributed by atoms with E-state index in [2.05, 4.69) is 71.8 Å². The second-order valence-corrected chi connectivity index (χ2v) is 7.42. The van der Waals surface area contributed by atoms with Gasteiger partial charge >= 0.3 is 0 Å². The molecule has 1 aliphatic rings. The minimum absolute atomic E-state index is 0.936. The van der Waals surface area contributed by atoms with Crippen LogP contribution in [0.15, 0.2) is 84.9 Å². The molecule has 28 heavy (non-hydrogen) atoms. The number of nitrogens with zero attached hydrogens (tertiary/aromatic N) is 2. The molecule has 0 saturated heterocycles. The summed E-state index contributed by atoms with van der Waals surface area (Å²) in [6.45, 7) is 0. The summed E-state index contributed by atoms with van der Waals surface area (Å²) >= 11 is 0. The summed E-state index contributed by atoms with van der Waals surface area (Å²) in [6, 6.07) is 29.9. The standard InChI is InChI=1S/C26H18N2/c1-2-7-19(8-3-1)25-21-10-4-5-11-22(21)26(28-27-25)23-16-15-18-14-13-17-9-6-12-20(23)24(17)18/h1-12,15-16H,13-14H2. The Morgan fingerprint density at radius 1 is 0.500 bits per heavy atom. The molecule has 0 radical (unpaired) electrons. The van der Waals surface area contributed by atoms with Crippen molar-refractivity contribution in [2.45, 2.75) is 12.8 Å². The predicted octanol–water partition coefficient (Wildman–Crippen LogP) is 6.22. The fourth-order valence-electron chi connectivity index (χ4n) is 4.57. The molecule has 1 aromatic heterocycles. The zero-order valence-corrected chi connectivity index (χ0v) is 15.4.